The predicted molar refractivity (Wildman–Crippen MR) is 70.2 cm³/mol. The Morgan fingerprint density at radius 3 is 2.33 bits per heavy atom. The van der Waals surface area contributed by atoms with E-state index in [9.17, 15) is 0 Å². The van der Waals surface area contributed by atoms with Gasteiger partial charge >= 0.3 is 0 Å². The quantitative estimate of drug-likeness (QED) is 0.423. The van der Waals surface area contributed by atoms with Crippen LogP contribution in [-0.2, 0) is 0 Å². The van der Waals surface area contributed by atoms with Gasteiger partial charge in [0.25, 0.3) is 0 Å². The number of hydrogen-bond donors (Lipinski definition) is 1. The zero-order valence-corrected chi connectivity index (χ0v) is 10.9. The standard InChI is InChI=1S/C14H29N/c1-5-8-9-10-11-12-15-13(4)14(6-2)7-3/h5,13-15H,1,6-12H2,2-4H3. The van der Waals surface area contributed by atoms with Crippen LogP contribution in [0, 0.1) is 5.92 Å². The van der Waals surface area contributed by atoms with E-state index in [-0.39, 0.29) is 0 Å². The summed E-state index contributed by atoms with van der Waals surface area (Å²) in [6.07, 6.45) is 9.70. The van der Waals surface area contributed by atoms with Gasteiger partial charge < -0.3 is 5.32 Å². The van der Waals surface area contributed by atoms with Gasteiger partial charge in [-0.3, -0.25) is 0 Å². The molecule has 0 spiro atoms. The van der Waals surface area contributed by atoms with Gasteiger partial charge in [-0.1, -0.05) is 39.2 Å². The molecule has 1 nitrogen and oxygen atoms in total. The van der Waals surface area contributed by atoms with E-state index in [4.69, 9.17) is 0 Å². The molecule has 15 heavy (non-hydrogen) atoms. The van der Waals surface area contributed by atoms with Crippen LogP contribution in [0.2, 0.25) is 0 Å². The lowest BCUT2D eigenvalue weighted by Gasteiger charge is -2.22. The summed E-state index contributed by atoms with van der Waals surface area (Å²) in [5.41, 5.74) is 0. The van der Waals surface area contributed by atoms with Crippen molar-refractivity contribution in [3.8, 4) is 0 Å². The number of rotatable bonds is 10. The van der Waals surface area contributed by atoms with E-state index in [1.54, 1.807) is 0 Å². The average Bonchev–Trinajstić information content (AvgIpc) is 2.25. The van der Waals surface area contributed by atoms with Crippen LogP contribution in [0.25, 0.3) is 0 Å². The fourth-order valence-electron chi connectivity index (χ4n) is 2.08. The third-order valence-electron chi connectivity index (χ3n) is 3.31. The van der Waals surface area contributed by atoms with Crippen molar-refractivity contribution in [3.63, 3.8) is 0 Å². The third kappa shape index (κ3) is 7.61. The second-order valence-electron chi connectivity index (χ2n) is 4.46. The lowest BCUT2D eigenvalue weighted by molar-refractivity contribution is 0.352. The van der Waals surface area contributed by atoms with Crippen molar-refractivity contribution in [1.82, 2.24) is 5.32 Å². The van der Waals surface area contributed by atoms with E-state index in [1.165, 1.54) is 45.1 Å². The molecule has 0 radical (unpaired) electrons. The fourth-order valence-corrected chi connectivity index (χ4v) is 2.08. The Morgan fingerprint density at radius 1 is 1.13 bits per heavy atom. The number of nitrogens with one attached hydrogen (secondary N) is 1. The highest BCUT2D eigenvalue weighted by atomic mass is 14.9. The van der Waals surface area contributed by atoms with Gasteiger partial charge in [-0.25, -0.2) is 0 Å². The highest BCUT2D eigenvalue weighted by Crippen LogP contribution is 2.12. The van der Waals surface area contributed by atoms with Crippen molar-refractivity contribution >= 4 is 0 Å². The molecule has 1 atom stereocenters. The van der Waals surface area contributed by atoms with E-state index in [0.29, 0.717) is 6.04 Å². The fraction of sp³-hybridized carbons (Fsp3) is 0.857. The maximum Gasteiger partial charge on any atom is 0.00667 e. The number of unbranched alkanes of at least 4 members (excludes halogenated alkanes) is 3. The topological polar surface area (TPSA) is 12.0 Å². The Bertz CT molecular complexity index is 138. The van der Waals surface area contributed by atoms with Gasteiger partial charge in [-0.05, 0) is 38.6 Å². The van der Waals surface area contributed by atoms with E-state index in [1.807, 2.05) is 6.08 Å². The van der Waals surface area contributed by atoms with Crippen LogP contribution in [0.3, 0.4) is 0 Å². The summed E-state index contributed by atoms with van der Waals surface area (Å²) in [5.74, 6) is 0.846. The molecule has 1 unspecified atom stereocenters. The second kappa shape index (κ2) is 10.2. The molecule has 0 saturated heterocycles. The van der Waals surface area contributed by atoms with Gasteiger partial charge in [0.1, 0.15) is 0 Å². The molecule has 1 heteroatoms. The Balaban J connectivity index is 3.37. The molecular formula is C14H29N. The van der Waals surface area contributed by atoms with Crippen LogP contribution in [0.1, 0.15) is 59.3 Å². The molecule has 0 aliphatic rings. The van der Waals surface area contributed by atoms with Crippen molar-refractivity contribution in [2.24, 2.45) is 5.92 Å². The van der Waals surface area contributed by atoms with Crippen LogP contribution in [0.15, 0.2) is 12.7 Å². The van der Waals surface area contributed by atoms with Crippen LogP contribution in [0.5, 0.6) is 0 Å². The van der Waals surface area contributed by atoms with Gasteiger partial charge in [0, 0.05) is 6.04 Å². The first-order valence-electron chi connectivity index (χ1n) is 6.60. The summed E-state index contributed by atoms with van der Waals surface area (Å²) in [4.78, 5) is 0. The van der Waals surface area contributed by atoms with Crippen molar-refractivity contribution < 1.29 is 0 Å². The van der Waals surface area contributed by atoms with Gasteiger partial charge in [-0.2, -0.15) is 0 Å². The Morgan fingerprint density at radius 2 is 1.80 bits per heavy atom. The molecule has 0 aliphatic heterocycles. The highest BCUT2D eigenvalue weighted by molar-refractivity contribution is 4.70. The van der Waals surface area contributed by atoms with Crippen molar-refractivity contribution in [2.45, 2.75) is 65.3 Å². The molecule has 0 saturated carbocycles. The van der Waals surface area contributed by atoms with Crippen LogP contribution < -0.4 is 5.32 Å². The summed E-state index contributed by atoms with van der Waals surface area (Å²) in [6.45, 7) is 11.8. The Kier molecular flexibility index (Phi) is 10.0. The molecule has 0 rings (SSSR count). The first kappa shape index (κ1) is 14.7. The van der Waals surface area contributed by atoms with Gasteiger partial charge in [0.2, 0.25) is 0 Å². The summed E-state index contributed by atoms with van der Waals surface area (Å²) in [7, 11) is 0. The molecule has 0 fully saturated rings. The molecule has 0 aromatic carbocycles. The molecule has 0 aromatic rings. The summed E-state index contributed by atoms with van der Waals surface area (Å²) < 4.78 is 0. The number of hydrogen-bond acceptors (Lipinski definition) is 1. The predicted octanol–water partition coefficient (Wildman–Crippen LogP) is 4.15. The summed E-state index contributed by atoms with van der Waals surface area (Å²) >= 11 is 0. The van der Waals surface area contributed by atoms with Gasteiger partial charge in [0.15, 0.2) is 0 Å². The zero-order chi connectivity index (χ0) is 11.5. The van der Waals surface area contributed by atoms with Crippen molar-refractivity contribution in [3.05, 3.63) is 12.7 Å². The Labute approximate surface area is 96.3 Å². The smallest absolute Gasteiger partial charge is 0.00667 e. The molecule has 0 aliphatic carbocycles. The molecule has 90 valence electrons. The first-order valence-corrected chi connectivity index (χ1v) is 6.60. The summed E-state index contributed by atoms with van der Waals surface area (Å²) in [5, 5.41) is 3.64. The normalized spacial score (nSPS) is 13.1. The van der Waals surface area contributed by atoms with E-state index >= 15 is 0 Å². The lowest BCUT2D eigenvalue weighted by Crippen LogP contribution is -2.33. The van der Waals surface area contributed by atoms with Crippen LogP contribution in [-0.4, -0.2) is 12.6 Å². The maximum absolute atomic E-state index is 3.74. The molecule has 0 amide bonds. The second-order valence-corrected chi connectivity index (χ2v) is 4.46. The minimum Gasteiger partial charge on any atom is -0.314 e. The van der Waals surface area contributed by atoms with Crippen LogP contribution >= 0.6 is 0 Å². The average molecular weight is 211 g/mol. The minimum atomic E-state index is 0.680. The molecule has 0 heterocycles. The lowest BCUT2D eigenvalue weighted by atomic mass is 9.95. The van der Waals surface area contributed by atoms with Crippen molar-refractivity contribution in [1.29, 1.82) is 0 Å². The number of allylic oxidation sites excluding steroid dienone is 1. The highest BCUT2D eigenvalue weighted by Gasteiger charge is 2.11. The zero-order valence-electron chi connectivity index (χ0n) is 10.9. The molecule has 1 N–H and O–H groups in total. The maximum atomic E-state index is 3.74. The monoisotopic (exact) mass is 211 g/mol. The molecular weight excluding hydrogens is 182 g/mol. The van der Waals surface area contributed by atoms with Gasteiger partial charge in [0.05, 0.1) is 0 Å². The molecule has 0 bridgehead atoms. The van der Waals surface area contributed by atoms with E-state index in [2.05, 4.69) is 32.7 Å². The Hall–Kier alpha value is -0.300. The van der Waals surface area contributed by atoms with Crippen LogP contribution in [0.4, 0.5) is 0 Å². The SMILES string of the molecule is C=CCCCCCNC(C)C(CC)CC. The van der Waals surface area contributed by atoms with E-state index < -0.39 is 0 Å². The third-order valence-corrected chi connectivity index (χ3v) is 3.31. The largest absolute Gasteiger partial charge is 0.314 e. The first-order chi connectivity index (χ1) is 7.26. The van der Waals surface area contributed by atoms with E-state index in [0.717, 1.165) is 5.92 Å². The van der Waals surface area contributed by atoms with Gasteiger partial charge in [-0.15, -0.1) is 6.58 Å². The minimum absolute atomic E-state index is 0.680. The van der Waals surface area contributed by atoms with Crippen molar-refractivity contribution in [2.75, 3.05) is 6.54 Å². The molecule has 0 aromatic heterocycles. The summed E-state index contributed by atoms with van der Waals surface area (Å²) in [6, 6.07) is 0.680.